The summed E-state index contributed by atoms with van der Waals surface area (Å²) in [5.74, 6) is -0.398. The van der Waals surface area contributed by atoms with Crippen molar-refractivity contribution in [1.82, 2.24) is 4.98 Å². The average molecular weight is 249 g/mol. The van der Waals surface area contributed by atoms with Crippen molar-refractivity contribution in [2.24, 2.45) is 0 Å². The van der Waals surface area contributed by atoms with Gasteiger partial charge in [-0.25, -0.2) is 9.78 Å². The maximum atomic E-state index is 10.9. The van der Waals surface area contributed by atoms with Gasteiger partial charge in [0.15, 0.2) is 0 Å². The van der Waals surface area contributed by atoms with Gasteiger partial charge in [-0.2, -0.15) is 0 Å². The summed E-state index contributed by atoms with van der Waals surface area (Å²) < 4.78 is 0.965. The number of fused-ring (bicyclic) bond motifs is 1. The molecule has 1 aromatic carbocycles. The Labute approximate surface area is 104 Å². The lowest BCUT2D eigenvalue weighted by molar-refractivity contribution is 0.0697. The largest absolute Gasteiger partial charge is 0.478 e. The summed E-state index contributed by atoms with van der Waals surface area (Å²) in [7, 11) is 0. The van der Waals surface area contributed by atoms with E-state index in [9.17, 15) is 4.79 Å². The number of carboxylic acids is 1. The molecule has 17 heavy (non-hydrogen) atoms. The van der Waals surface area contributed by atoms with Crippen molar-refractivity contribution in [3.05, 3.63) is 28.8 Å². The van der Waals surface area contributed by atoms with E-state index >= 15 is 0 Å². The minimum atomic E-state index is -0.885. The Morgan fingerprint density at radius 1 is 1.41 bits per heavy atom. The van der Waals surface area contributed by atoms with Crippen LogP contribution in [0.25, 0.3) is 10.2 Å². The minimum absolute atomic E-state index is 0.331. The Morgan fingerprint density at radius 3 is 2.71 bits per heavy atom. The third kappa shape index (κ3) is 2.31. The van der Waals surface area contributed by atoms with E-state index in [4.69, 9.17) is 5.11 Å². The van der Waals surface area contributed by atoms with Crippen LogP contribution in [-0.4, -0.2) is 16.1 Å². The molecule has 0 spiro atoms. The highest BCUT2D eigenvalue weighted by molar-refractivity contribution is 7.18. The van der Waals surface area contributed by atoms with Crippen LogP contribution in [0.3, 0.4) is 0 Å². The zero-order valence-electron chi connectivity index (χ0n) is 9.93. The molecule has 0 aliphatic rings. The van der Waals surface area contributed by atoms with Gasteiger partial charge >= 0.3 is 5.97 Å². The monoisotopic (exact) mass is 249 g/mol. The first-order valence-corrected chi connectivity index (χ1v) is 6.61. The van der Waals surface area contributed by atoms with Crippen LogP contribution < -0.4 is 0 Å². The van der Waals surface area contributed by atoms with Gasteiger partial charge in [-0.3, -0.25) is 0 Å². The zero-order chi connectivity index (χ0) is 12.4. The van der Waals surface area contributed by atoms with E-state index < -0.39 is 5.97 Å². The number of thiazole rings is 1. The first-order chi connectivity index (χ1) is 8.15. The molecule has 4 heteroatoms. The van der Waals surface area contributed by atoms with E-state index in [0.717, 1.165) is 28.1 Å². The van der Waals surface area contributed by atoms with Gasteiger partial charge in [0.2, 0.25) is 0 Å². The molecule has 2 aromatic rings. The van der Waals surface area contributed by atoms with Crippen molar-refractivity contribution in [2.75, 3.05) is 0 Å². The standard InChI is InChI=1S/C13H15NO2S/c1-3-8(4-2)12-14-10-6-5-9(13(15)16)7-11(10)17-12/h5-8H,3-4H2,1-2H3,(H,15,16). The molecule has 0 saturated heterocycles. The normalized spacial score (nSPS) is 11.2. The van der Waals surface area contributed by atoms with E-state index in [1.165, 1.54) is 0 Å². The molecule has 0 atom stereocenters. The Balaban J connectivity index is 2.46. The second kappa shape index (κ2) is 4.84. The van der Waals surface area contributed by atoms with Crippen molar-refractivity contribution in [2.45, 2.75) is 32.6 Å². The van der Waals surface area contributed by atoms with Crippen LogP contribution in [0.5, 0.6) is 0 Å². The Bertz CT molecular complexity index is 543. The van der Waals surface area contributed by atoms with Crippen molar-refractivity contribution >= 4 is 27.5 Å². The number of hydrogen-bond acceptors (Lipinski definition) is 3. The number of hydrogen-bond donors (Lipinski definition) is 1. The van der Waals surface area contributed by atoms with Crippen molar-refractivity contribution in [1.29, 1.82) is 0 Å². The van der Waals surface area contributed by atoms with Gasteiger partial charge in [0.1, 0.15) is 0 Å². The molecular weight excluding hydrogens is 234 g/mol. The van der Waals surface area contributed by atoms with Gasteiger partial charge in [0.25, 0.3) is 0 Å². The summed E-state index contributed by atoms with van der Waals surface area (Å²) in [4.78, 5) is 15.5. The summed E-state index contributed by atoms with van der Waals surface area (Å²) in [6.07, 6.45) is 2.14. The highest BCUT2D eigenvalue weighted by atomic mass is 32.1. The molecular formula is C13H15NO2S. The predicted molar refractivity (Wildman–Crippen MR) is 69.9 cm³/mol. The second-order valence-electron chi connectivity index (χ2n) is 4.05. The Hall–Kier alpha value is -1.42. The third-order valence-electron chi connectivity index (χ3n) is 2.99. The van der Waals surface area contributed by atoms with Crippen molar-refractivity contribution in [3.8, 4) is 0 Å². The maximum absolute atomic E-state index is 10.9. The van der Waals surface area contributed by atoms with Gasteiger partial charge in [-0.1, -0.05) is 13.8 Å². The molecule has 3 nitrogen and oxygen atoms in total. The third-order valence-corrected chi connectivity index (χ3v) is 4.17. The van der Waals surface area contributed by atoms with Crippen LogP contribution in [0.15, 0.2) is 18.2 Å². The van der Waals surface area contributed by atoms with Gasteiger partial charge in [-0.15, -0.1) is 11.3 Å². The summed E-state index contributed by atoms with van der Waals surface area (Å²) in [5, 5.41) is 10.1. The molecule has 2 rings (SSSR count). The molecule has 0 aliphatic carbocycles. The lowest BCUT2D eigenvalue weighted by atomic mass is 10.1. The SMILES string of the molecule is CCC(CC)c1nc2ccc(C(=O)O)cc2s1. The highest BCUT2D eigenvalue weighted by Crippen LogP contribution is 2.31. The van der Waals surface area contributed by atoms with Crippen LogP contribution in [0, 0.1) is 0 Å². The van der Waals surface area contributed by atoms with E-state index in [-0.39, 0.29) is 0 Å². The lowest BCUT2D eigenvalue weighted by Crippen LogP contribution is -1.94. The van der Waals surface area contributed by atoms with Crippen LogP contribution in [-0.2, 0) is 0 Å². The molecule has 0 amide bonds. The number of carbonyl (C=O) groups is 1. The van der Waals surface area contributed by atoms with Gasteiger partial charge in [-0.05, 0) is 31.0 Å². The van der Waals surface area contributed by atoms with E-state index in [1.54, 1.807) is 29.5 Å². The second-order valence-corrected chi connectivity index (χ2v) is 5.12. The van der Waals surface area contributed by atoms with E-state index in [0.29, 0.717) is 11.5 Å². The fourth-order valence-corrected chi connectivity index (χ4v) is 3.16. The average Bonchev–Trinajstić information content (AvgIpc) is 2.72. The van der Waals surface area contributed by atoms with Crippen LogP contribution in [0.2, 0.25) is 0 Å². The van der Waals surface area contributed by atoms with Crippen LogP contribution >= 0.6 is 11.3 Å². The summed E-state index contributed by atoms with van der Waals surface area (Å²) in [6, 6.07) is 5.11. The molecule has 0 fully saturated rings. The number of carboxylic acid groups (broad SMARTS) is 1. The molecule has 1 aromatic heterocycles. The van der Waals surface area contributed by atoms with E-state index in [1.807, 2.05) is 0 Å². The quantitative estimate of drug-likeness (QED) is 0.894. The Morgan fingerprint density at radius 2 is 2.12 bits per heavy atom. The summed E-state index contributed by atoms with van der Waals surface area (Å²) in [6.45, 7) is 4.31. The fourth-order valence-electron chi connectivity index (χ4n) is 1.89. The topological polar surface area (TPSA) is 50.2 Å². The fraction of sp³-hybridized carbons (Fsp3) is 0.385. The minimum Gasteiger partial charge on any atom is -0.478 e. The predicted octanol–water partition coefficient (Wildman–Crippen LogP) is 3.90. The highest BCUT2D eigenvalue weighted by Gasteiger charge is 2.13. The molecule has 0 radical (unpaired) electrons. The van der Waals surface area contributed by atoms with Crippen LogP contribution in [0.4, 0.5) is 0 Å². The molecule has 0 saturated carbocycles. The Kier molecular flexibility index (Phi) is 3.43. The smallest absolute Gasteiger partial charge is 0.335 e. The summed E-state index contributed by atoms with van der Waals surface area (Å²) in [5.41, 5.74) is 1.24. The number of aromatic carboxylic acids is 1. The molecule has 1 heterocycles. The number of nitrogens with zero attached hydrogens (tertiary/aromatic N) is 1. The molecule has 0 unspecified atom stereocenters. The number of benzene rings is 1. The lowest BCUT2D eigenvalue weighted by Gasteiger charge is -2.06. The summed E-state index contributed by atoms with van der Waals surface area (Å²) >= 11 is 1.61. The van der Waals surface area contributed by atoms with Gasteiger partial charge < -0.3 is 5.11 Å². The van der Waals surface area contributed by atoms with Gasteiger partial charge in [0, 0.05) is 5.92 Å². The van der Waals surface area contributed by atoms with Crippen LogP contribution in [0.1, 0.15) is 48.0 Å². The molecule has 1 N–H and O–H groups in total. The van der Waals surface area contributed by atoms with E-state index in [2.05, 4.69) is 18.8 Å². The first kappa shape index (κ1) is 12.0. The number of aromatic nitrogens is 1. The molecule has 0 bridgehead atoms. The number of rotatable bonds is 4. The first-order valence-electron chi connectivity index (χ1n) is 5.79. The van der Waals surface area contributed by atoms with Crippen molar-refractivity contribution < 1.29 is 9.90 Å². The maximum Gasteiger partial charge on any atom is 0.335 e. The molecule has 90 valence electrons. The van der Waals surface area contributed by atoms with Crippen molar-refractivity contribution in [3.63, 3.8) is 0 Å². The van der Waals surface area contributed by atoms with Gasteiger partial charge in [0.05, 0.1) is 20.8 Å². The molecule has 0 aliphatic heterocycles. The zero-order valence-corrected chi connectivity index (χ0v) is 10.8.